The third kappa shape index (κ3) is 5.53. The van der Waals surface area contributed by atoms with Crippen LogP contribution in [-0.4, -0.2) is 30.7 Å². The van der Waals surface area contributed by atoms with Gasteiger partial charge in [-0.2, -0.15) is 0 Å². The second kappa shape index (κ2) is 8.73. The van der Waals surface area contributed by atoms with Crippen LogP contribution in [0.1, 0.15) is 28.8 Å². The second-order valence-corrected chi connectivity index (χ2v) is 5.54. The van der Waals surface area contributed by atoms with E-state index in [2.05, 4.69) is 10.1 Å². The Labute approximate surface area is 146 Å². The molecule has 0 aliphatic rings. The zero-order valence-corrected chi connectivity index (χ0v) is 14.2. The first-order chi connectivity index (χ1) is 12.0. The number of ether oxygens (including phenoxy) is 2. The zero-order valence-electron chi connectivity index (χ0n) is 14.2. The number of benzene rings is 2. The van der Waals surface area contributed by atoms with Crippen molar-refractivity contribution in [2.75, 3.05) is 19.0 Å². The van der Waals surface area contributed by atoms with Crippen LogP contribution in [0.2, 0.25) is 0 Å². The topological polar surface area (TPSA) is 84.9 Å². The van der Waals surface area contributed by atoms with Crippen LogP contribution in [0, 0.1) is 6.92 Å². The van der Waals surface area contributed by atoms with Gasteiger partial charge in [-0.05, 0) is 43.7 Å². The summed E-state index contributed by atoms with van der Waals surface area (Å²) in [5, 5.41) is 12.5. The van der Waals surface area contributed by atoms with E-state index in [0.717, 1.165) is 11.3 Å². The van der Waals surface area contributed by atoms with Crippen LogP contribution in [-0.2, 0) is 9.53 Å². The summed E-state index contributed by atoms with van der Waals surface area (Å²) >= 11 is 0. The number of methoxy groups -OCH3 is 1. The fourth-order valence-electron chi connectivity index (χ4n) is 2.15. The van der Waals surface area contributed by atoms with E-state index in [4.69, 9.17) is 4.74 Å². The van der Waals surface area contributed by atoms with Crippen molar-refractivity contribution in [1.29, 1.82) is 0 Å². The van der Waals surface area contributed by atoms with E-state index in [9.17, 15) is 14.7 Å². The van der Waals surface area contributed by atoms with Gasteiger partial charge < -0.3 is 19.9 Å². The van der Waals surface area contributed by atoms with Gasteiger partial charge in [0, 0.05) is 6.42 Å². The Bertz CT molecular complexity index is 740. The molecule has 25 heavy (non-hydrogen) atoms. The molecule has 6 heteroatoms. The van der Waals surface area contributed by atoms with E-state index in [0.29, 0.717) is 13.0 Å². The molecule has 0 aliphatic heterocycles. The van der Waals surface area contributed by atoms with Gasteiger partial charge in [-0.3, -0.25) is 4.79 Å². The first kappa shape index (κ1) is 18.3. The van der Waals surface area contributed by atoms with Crippen molar-refractivity contribution < 1.29 is 24.2 Å². The average Bonchev–Trinajstić information content (AvgIpc) is 2.61. The molecule has 0 aliphatic carbocycles. The number of hydrogen-bond donors (Lipinski definition) is 2. The van der Waals surface area contributed by atoms with Gasteiger partial charge in [0.1, 0.15) is 11.5 Å². The van der Waals surface area contributed by atoms with Crippen LogP contribution < -0.4 is 10.1 Å². The molecule has 132 valence electrons. The van der Waals surface area contributed by atoms with Crippen LogP contribution >= 0.6 is 0 Å². The van der Waals surface area contributed by atoms with Crippen LogP contribution in [0.15, 0.2) is 42.5 Å². The molecule has 2 N–H and O–H groups in total. The molecule has 0 atom stereocenters. The molecule has 2 rings (SSSR count). The lowest BCUT2D eigenvalue weighted by atomic mass is 10.2. The van der Waals surface area contributed by atoms with E-state index in [1.54, 1.807) is 0 Å². The van der Waals surface area contributed by atoms with Gasteiger partial charge in [-0.1, -0.05) is 17.7 Å². The lowest BCUT2D eigenvalue weighted by Gasteiger charge is -2.09. The van der Waals surface area contributed by atoms with Crippen molar-refractivity contribution in [3.05, 3.63) is 53.6 Å². The fraction of sp³-hybridized carbons (Fsp3) is 0.263. The summed E-state index contributed by atoms with van der Waals surface area (Å²) in [5.74, 6) is -0.218. The molecule has 2 aromatic carbocycles. The Morgan fingerprint density at radius 1 is 1.12 bits per heavy atom. The Hall–Kier alpha value is -3.02. The van der Waals surface area contributed by atoms with Gasteiger partial charge in [0.15, 0.2) is 0 Å². The van der Waals surface area contributed by atoms with E-state index in [1.165, 1.54) is 25.3 Å². The SMILES string of the molecule is COC(=O)c1ccc(NC(=O)CCCOc2ccc(C)cc2)c(O)c1. The van der Waals surface area contributed by atoms with E-state index < -0.39 is 5.97 Å². The maximum atomic E-state index is 11.9. The highest BCUT2D eigenvalue weighted by Gasteiger charge is 2.11. The molecule has 0 spiro atoms. The molecule has 0 fully saturated rings. The van der Waals surface area contributed by atoms with Gasteiger partial charge in [-0.15, -0.1) is 0 Å². The summed E-state index contributed by atoms with van der Waals surface area (Å²) in [6, 6.07) is 11.9. The highest BCUT2D eigenvalue weighted by Crippen LogP contribution is 2.24. The largest absolute Gasteiger partial charge is 0.506 e. The summed E-state index contributed by atoms with van der Waals surface area (Å²) in [5.41, 5.74) is 1.62. The Kier molecular flexibility index (Phi) is 6.39. The van der Waals surface area contributed by atoms with Gasteiger partial charge >= 0.3 is 5.97 Å². The quantitative estimate of drug-likeness (QED) is 0.458. The standard InChI is InChI=1S/C19H21NO5/c1-13-5-8-15(9-6-13)25-11-3-4-18(22)20-16-10-7-14(12-17(16)21)19(23)24-2/h5-10,12,21H,3-4,11H2,1-2H3,(H,20,22). The van der Waals surface area contributed by atoms with Crippen molar-refractivity contribution >= 4 is 17.6 Å². The van der Waals surface area contributed by atoms with Crippen LogP contribution in [0.4, 0.5) is 5.69 Å². The minimum Gasteiger partial charge on any atom is -0.506 e. The van der Waals surface area contributed by atoms with E-state index in [-0.39, 0.29) is 29.3 Å². The highest BCUT2D eigenvalue weighted by molar-refractivity contribution is 5.94. The second-order valence-electron chi connectivity index (χ2n) is 5.54. The molecule has 0 unspecified atom stereocenters. The summed E-state index contributed by atoms with van der Waals surface area (Å²) in [4.78, 5) is 23.3. The number of aryl methyl sites for hydroxylation is 1. The van der Waals surface area contributed by atoms with Gasteiger partial charge in [0.25, 0.3) is 0 Å². The smallest absolute Gasteiger partial charge is 0.337 e. The molecular weight excluding hydrogens is 322 g/mol. The lowest BCUT2D eigenvalue weighted by molar-refractivity contribution is -0.116. The van der Waals surface area contributed by atoms with Crippen LogP contribution in [0.25, 0.3) is 0 Å². The summed E-state index contributed by atoms with van der Waals surface area (Å²) in [6.07, 6.45) is 0.796. The van der Waals surface area contributed by atoms with Crippen LogP contribution in [0.3, 0.4) is 0 Å². The average molecular weight is 343 g/mol. The van der Waals surface area contributed by atoms with E-state index in [1.807, 2.05) is 31.2 Å². The minimum atomic E-state index is -0.554. The number of hydrogen-bond acceptors (Lipinski definition) is 5. The normalized spacial score (nSPS) is 10.2. The fourth-order valence-corrected chi connectivity index (χ4v) is 2.15. The molecule has 0 aromatic heterocycles. The summed E-state index contributed by atoms with van der Waals surface area (Å²) in [7, 11) is 1.26. The third-order valence-electron chi connectivity index (χ3n) is 3.53. The van der Waals surface area contributed by atoms with Gasteiger partial charge in [0.2, 0.25) is 5.91 Å². The molecule has 0 heterocycles. The number of amides is 1. The predicted molar refractivity (Wildman–Crippen MR) is 94.0 cm³/mol. The maximum absolute atomic E-state index is 11.9. The Morgan fingerprint density at radius 3 is 2.48 bits per heavy atom. The van der Waals surface area contributed by atoms with Crippen molar-refractivity contribution in [2.45, 2.75) is 19.8 Å². The molecule has 0 radical (unpaired) electrons. The summed E-state index contributed by atoms with van der Waals surface area (Å²) < 4.78 is 10.1. The van der Waals surface area contributed by atoms with Crippen molar-refractivity contribution in [3.8, 4) is 11.5 Å². The monoisotopic (exact) mass is 343 g/mol. The predicted octanol–water partition coefficient (Wildman–Crippen LogP) is 3.28. The molecule has 1 amide bonds. The van der Waals surface area contributed by atoms with Gasteiger partial charge in [0.05, 0.1) is 25.0 Å². The number of phenols is 1. The van der Waals surface area contributed by atoms with E-state index >= 15 is 0 Å². The third-order valence-corrected chi connectivity index (χ3v) is 3.53. The minimum absolute atomic E-state index is 0.188. The first-order valence-electron chi connectivity index (χ1n) is 7.90. The number of carbonyl (C=O) groups excluding carboxylic acids is 2. The molecule has 0 saturated carbocycles. The molecular formula is C19H21NO5. The number of phenolic OH excluding ortho intramolecular Hbond substituents is 1. The lowest BCUT2D eigenvalue weighted by Crippen LogP contribution is -2.13. The van der Waals surface area contributed by atoms with Crippen molar-refractivity contribution in [1.82, 2.24) is 0 Å². The van der Waals surface area contributed by atoms with Crippen molar-refractivity contribution in [2.24, 2.45) is 0 Å². The number of carbonyl (C=O) groups is 2. The number of anilines is 1. The van der Waals surface area contributed by atoms with Gasteiger partial charge in [-0.25, -0.2) is 4.79 Å². The molecule has 6 nitrogen and oxygen atoms in total. The Morgan fingerprint density at radius 2 is 1.84 bits per heavy atom. The van der Waals surface area contributed by atoms with Crippen LogP contribution in [0.5, 0.6) is 11.5 Å². The molecule has 2 aromatic rings. The number of nitrogens with one attached hydrogen (secondary N) is 1. The highest BCUT2D eigenvalue weighted by atomic mass is 16.5. The number of esters is 1. The molecule has 0 bridgehead atoms. The summed E-state index contributed by atoms with van der Waals surface area (Å²) in [6.45, 7) is 2.42. The first-order valence-corrected chi connectivity index (χ1v) is 7.90. The zero-order chi connectivity index (χ0) is 18.2. The Balaban J connectivity index is 1.78. The van der Waals surface area contributed by atoms with Crippen molar-refractivity contribution in [3.63, 3.8) is 0 Å². The number of rotatable bonds is 7. The maximum Gasteiger partial charge on any atom is 0.337 e. The molecule has 0 saturated heterocycles. The number of aromatic hydroxyl groups is 1.